The van der Waals surface area contributed by atoms with Crippen LogP contribution in [0.3, 0.4) is 0 Å². The molecule has 2 saturated carbocycles. The van der Waals surface area contributed by atoms with Gasteiger partial charge in [0.25, 0.3) is 0 Å². The Morgan fingerprint density at radius 2 is 1.26 bits per heavy atom. The third-order valence-electron chi connectivity index (χ3n) is 8.10. The molecule has 0 spiro atoms. The number of hydrogen-bond donors (Lipinski definition) is 0. The Balaban J connectivity index is 1.25. The molecular formula is C32H40F2O. The maximum absolute atomic E-state index is 14.6. The van der Waals surface area contributed by atoms with Crippen LogP contribution in [0.4, 0.5) is 8.78 Å². The summed E-state index contributed by atoms with van der Waals surface area (Å²) in [5.41, 5.74) is 3.98. The molecule has 0 aromatic heterocycles. The van der Waals surface area contributed by atoms with Gasteiger partial charge in [-0.15, -0.1) is 6.58 Å². The van der Waals surface area contributed by atoms with E-state index < -0.39 is 12.5 Å². The molecule has 0 aliphatic heterocycles. The Labute approximate surface area is 210 Å². The van der Waals surface area contributed by atoms with Crippen molar-refractivity contribution < 1.29 is 13.5 Å². The molecule has 3 heteroatoms. The number of hydrogen-bond acceptors (Lipinski definition) is 1. The van der Waals surface area contributed by atoms with Gasteiger partial charge in [0.05, 0.1) is 13.0 Å². The first kappa shape index (κ1) is 25.8. The van der Waals surface area contributed by atoms with Crippen molar-refractivity contribution in [2.24, 2.45) is 11.8 Å². The van der Waals surface area contributed by atoms with Crippen LogP contribution in [-0.4, -0.2) is 6.11 Å². The summed E-state index contributed by atoms with van der Waals surface area (Å²) in [5.74, 6) is 2.44. The Morgan fingerprint density at radius 3 is 1.74 bits per heavy atom. The SMILES string of the molecule is C=CC1CCC(c2ccc(COC(F)(F)Cc3ccc(C4CCC(/C=C/C)CC4)cc3)cc2)CC1. The van der Waals surface area contributed by atoms with E-state index in [-0.39, 0.29) is 6.61 Å². The van der Waals surface area contributed by atoms with Crippen LogP contribution >= 0.6 is 0 Å². The molecule has 2 aliphatic carbocycles. The standard InChI is InChI=1S/C32H40F2O/c1-3-5-25-8-16-29(17-9-25)30-18-10-26(11-19-30)22-32(33,34)35-23-27-12-20-31(21-13-27)28-14-6-24(4-2)7-15-28/h3-5,10-13,18-21,24-25,28-29H,2,6-9,14-17,22-23H2,1H3/b5-3+. The van der Waals surface area contributed by atoms with Crippen molar-refractivity contribution >= 4 is 0 Å². The summed E-state index contributed by atoms with van der Waals surface area (Å²) in [6.07, 6.45) is 12.4. The number of benzene rings is 2. The van der Waals surface area contributed by atoms with Gasteiger partial charge in [-0.3, -0.25) is 0 Å². The monoisotopic (exact) mass is 478 g/mol. The normalized spacial score (nSPS) is 25.6. The number of rotatable bonds is 9. The van der Waals surface area contributed by atoms with Crippen molar-refractivity contribution in [2.75, 3.05) is 0 Å². The fourth-order valence-electron chi connectivity index (χ4n) is 5.88. The van der Waals surface area contributed by atoms with Gasteiger partial charge in [0.2, 0.25) is 0 Å². The zero-order valence-corrected chi connectivity index (χ0v) is 21.1. The molecule has 2 aromatic carbocycles. The lowest BCUT2D eigenvalue weighted by atomic mass is 9.78. The number of alkyl halides is 2. The highest BCUT2D eigenvalue weighted by atomic mass is 19.3. The second-order valence-corrected chi connectivity index (χ2v) is 10.6. The fourth-order valence-corrected chi connectivity index (χ4v) is 5.88. The third-order valence-corrected chi connectivity index (χ3v) is 8.10. The Kier molecular flexibility index (Phi) is 8.94. The summed E-state index contributed by atoms with van der Waals surface area (Å²) in [4.78, 5) is 0. The molecule has 35 heavy (non-hydrogen) atoms. The molecule has 2 fully saturated rings. The van der Waals surface area contributed by atoms with Crippen molar-refractivity contribution in [2.45, 2.75) is 89.3 Å². The van der Waals surface area contributed by atoms with Crippen LogP contribution < -0.4 is 0 Å². The van der Waals surface area contributed by atoms with Gasteiger partial charge in [-0.25, -0.2) is 0 Å². The van der Waals surface area contributed by atoms with Crippen molar-refractivity contribution in [3.63, 3.8) is 0 Å². The van der Waals surface area contributed by atoms with Gasteiger partial charge < -0.3 is 4.74 Å². The molecule has 2 aromatic rings. The first-order valence-corrected chi connectivity index (χ1v) is 13.4. The van der Waals surface area contributed by atoms with Crippen LogP contribution in [0, 0.1) is 11.8 Å². The summed E-state index contributed by atoms with van der Waals surface area (Å²) in [6.45, 7) is 5.91. The van der Waals surface area contributed by atoms with Crippen LogP contribution in [0.1, 0.15) is 92.4 Å². The molecule has 0 atom stereocenters. The van der Waals surface area contributed by atoms with E-state index in [1.807, 2.05) is 36.4 Å². The number of allylic oxidation sites excluding steroid dienone is 3. The number of ether oxygens (including phenoxy) is 1. The smallest absolute Gasteiger partial charge is 0.315 e. The maximum Gasteiger partial charge on any atom is 0.360 e. The van der Waals surface area contributed by atoms with E-state index >= 15 is 0 Å². The van der Waals surface area contributed by atoms with Gasteiger partial charge in [0.15, 0.2) is 0 Å². The van der Waals surface area contributed by atoms with Gasteiger partial charge in [-0.05, 0) is 104 Å². The average molecular weight is 479 g/mol. The zero-order valence-electron chi connectivity index (χ0n) is 21.1. The summed E-state index contributed by atoms with van der Waals surface area (Å²) >= 11 is 0. The highest BCUT2D eigenvalue weighted by Crippen LogP contribution is 2.37. The summed E-state index contributed by atoms with van der Waals surface area (Å²) < 4.78 is 34.2. The van der Waals surface area contributed by atoms with E-state index in [1.54, 1.807) is 0 Å². The van der Waals surface area contributed by atoms with Crippen molar-refractivity contribution in [1.82, 2.24) is 0 Å². The molecule has 0 radical (unpaired) electrons. The molecule has 0 amide bonds. The van der Waals surface area contributed by atoms with Crippen LogP contribution in [0.15, 0.2) is 73.3 Å². The van der Waals surface area contributed by atoms with Gasteiger partial charge in [0.1, 0.15) is 0 Å². The minimum Gasteiger partial charge on any atom is -0.315 e. The lowest BCUT2D eigenvalue weighted by Crippen LogP contribution is -2.23. The molecule has 1 nitrogen and oxygen atoms in total. The average Bonchev–Trinajstić information content (AvgIpc) is 2.89. The first-order valence-electron chi connectivity index (χ1n) is 13.4. The van der Waals surface area contributed by atoms with E-state index in [9.17, 15) is 8.78 Å². The molecule has 4 rings (SSSR count). The second-order valence-electron chi connectivity index (χ2n) is 10.6. The van der Waals surface area contributed by atoms with Gasteiger partial charge in [-0.1, -0.05) is 66.8 Å². The van der Waals surface area contributed by atoms with E-state index in [0.29, 0.717) is 29.2 Å². The van der Waals surface area contributed by atoms with Crippen LogP contribution in [0.2, 0.25) is 0 Å². The Hall–Kier alpha value is -2.26. The zero-order chi connectivity index (χ0) is 24.7. The molecule has 0 bridgehead atoms. The van der Waals surface area contributed by atoms with E-state index in [1.165, 1.54) is 62.5 Å². The molecular weight excluding hydrogens is 438 g/mol. The van der Waals surface area contributed by atoms with Crippen molar-refractivity contribution in [3.05, 3.63) is 95.6 Å². The van der Waals surface area contributed by atoms with Crippen molar-refractivity contribution in [3.8, 4) is 0 Å². The quantitative estimate of drug-likeness (QED) is 0.326. The number of halogens is 2. The first-order chi connectivity index (χ1) is 17.0. The molecule has 0 saturated heterocycles. The van der Waals surface area contributed by atoms with Gasteiger partial charge in [-0.2, -0.15) is 8.78 Å². The summed E-state index contributed by atoms with van der Waals surface area (Å²) in [5, 5.41) is 0. The molecule has 0 unspecified atom stereocenters. The minimum atomic E-state index is -3.19. The third kappa shape index (κ3) is 7.36. The topological polar surface area (TPSA) is 9.23 Å². The van der Waals surface area contributed by atoms with Crippen LogP contribution in [-0.2, 0) is 17.8 Å². The lowest BCUT2D eigenvalue weighted by molar-refractivity contribution is -0.244. The van der Waals surface area contributed by atoms with Crippen molar-refractivity contribution in [1.29, 1.82) is 0 Å². The Morgan fingerprint density at radius 1 is 0.771 bits per heavy atom. The largest absolute Gasteiger partial charge is 0.360 e. The summed E-state index contributed by atoms with van der Waals surface area (Å²) in [6, 6.07) is 15.8. The molecule has 0 heterocycles. The highest BCUT2D eigenvalue weighted by Gasteiger charge is 2.31. The minimum absolute atomic E-state index is 0.0793. The van der Waals surface area contributed by atoms with E-state index in [4.69, 9.17) is 4.74 Å². The maximum atomic E-state index is 14.6. The fraction of sp³-hybridized carbons (Fsp3) is 0.500. The Bertz CT molecular complexity index is 944. The van der Waals surface area contributed by atoms with Crippen LogP contribution in [0.25, 0.3) is 0 Å². The van der Waals surface area contributed by atoms with E-state index in [2.05, 4.69) is 43.9 Å². The summed E-state index contributed by atoms with van der Waals surface area (Å²) in [7, 11) is 0. The molecule has 188 valence electrons. The highest BCUT2D eigenvalue weighted by molar-refractivity contribution is 5.27. The predicted octanol–water partition coefficient (Wildman–Crippen LogP) is 9.35. The van der Waals surface area contributed by atoms with Crippen LogP contribution in [0.5, 0.6) is 0 Å². The van der Waals surface area contributed by atoms with Gasteiger partial charge in [0, 0.05) is 0 Å². The molecule has 2 aliphatic rings. The van der Waals surface area contributed by atoms with Gasteiger partial charge >= 0.3 is 6.11 Å². The second kappa shape index (κ2) is 12.1. The van der Waals surface area contributed by atoms with E-state index in [0.717, 1.165) is 5.56 Å². The molecule has 0 N–H and O–H groups in total. The lowest BCUT2D eigenvalue weighted by Gasteiger charge is -2.27. The predicted molar refractivity (Wildman–Crippen MR) is 141 cm³/mol.